The fraction of sp³-hybridized carbons (Fsp3) is 0.355. The van der Waals surface area contributed by atoms with Gasteiger partial charge in [-0.3, -0.25) is 9.89 Å². The Kier molecular flexibility index (Phi) is 7.22. The number of aromatic amines is 1. The Morgan fingerprint density at radius 1 is 0.949 bits per heavy atom. The molecule has 0 unspecified atom stereocenters. The molecular formula is C31H37N6O2+. The van der Waals surface area contributed by atoms with Crippen LogP contribution in [0.2, 0.25) is 0 Å². The summed E-state index contributed by atoms with van der Waals surface area (Å²) in [4.78, 5) is 24.4. The van der Waals surface area contributed by atoms with E-state index in [9.17, 15) is 4.79 Å². The number of carbonyl (C=O) groups excluding carboxylic acids is 1. The van der Waals surface area contributed by atoms with Gasteiger partial charge in [-0.05, 0) is 49.9 Å². The first-order valence-electron chi connectivity index (χ1n) is 14.0. The number of fused-ring (bicyclic) bond motifs is 1. The topological polar surface area (TPSA) is 73.5 Å². The van der Waals surface area contributed by atoms with Gasteiger partial charge in [0.25, 0.3) is 5.91 Å². The number of piperazine rings is 1. The van der Waals surface area contributed by atoms with Gasteiger partial charge in [-0.25, -0.2) is 0 Å². The third-order valence-corrected chi connectivity index (χ3v) is 8.01. The van der Waals surface area contributed by atoms with Crippen LogP contribution in [0.15, 0.2) is 72.8 Å². The first-order chi connectivity index (χ1) is 19.1. The van der Waals surface area contributed by atoms with Crippen molar-refractivity contribution in [1.29, 1.82) is 0 Å². The highest BCUT2D eigenvalue weighted by Crippen LogP contribution is 2.30. The zero-order chi connectivity index (χ0) is 26.7. The molecule has 0 bridgehead atoms. The molecule has 2 aliphatic rings. The summed E-state index contributed by atoms with van der Waals surface area (Å²) < 4.78 is 0.595. The number of likely N-dealkylation sites (N-methyl/N-ethyl adjacent to an activating group) is 1. The lowest BCUT2D eigenvalue weighted by atomic mass is 10.1. The van der Waals surface area contributed by atoms with Gasteiger partial charge >= 0.3 is 0 Å². The van der Waals surface area contributed by atoms with Crippen LogP contribution in [0.3, 0.4) is 0 Å². The van der Waals surface area contributed by atoms with Gasteiger partial charge in [0, 0.05) is 67.3 Å². The molecule has 0 radical (unpaired) electrons. The minimum Gasteiger partial charge on any atom is -0.369 e. The number of likely N-dealkylation sites (tertiary alicyclic amines) is 1. The van der Waals surface area contributed by atoms with Crippen LogP contribution in [0.1, 0.15) is 35.2 Å². The number of benzene rings is 3. The highest BCUT2D eigenvalue weighted by atomic mass is 16.7. The van der Waals surface area contributed by atoms with Crippen molar-refractivity contribution in [3.05, 3.63) is 83.9 Å². The number of hydrogen-bond acceptors (Lipinski definition) is 5. The number of piperidine rings is 1. The summed E-state index contributed by atoms with van der Waals surface area (Å²) in [6.07, 6.45) is 3.57. The summed E-state index contributed by atoms with van der Waals surface area (Å²) in [5, 5.41) is 11.3. The van der Waals surface area contributed by atoms with Crippen molar-refractivity contribution < 1.29 is 14.3 Å². The monoisotopic (exact) mass is 525 g/mol. The van der Waals surface area contributed by atoms with Gasteiger partial charge in [-0.1, -0.05) is 30.3 Å². The maximum atomic E-state index is 13.0. The van der Waals surface area contributed by atoms with E-state index in [-0.39, 0.29) is 5.91 Å². The molecule has 0 saturated carbocycles. The number of aromatic nitrogens is 2. The molecule has 3 heterocycles. The van der Waals surface area contributed by atoms with E-state index in [0.717, 1.165) is 81.0 Å². The van der Waals surface area contributed by atoms with E-state index >= 15 is 0 Å². The minimum absolute atomic E-state index is 0.172. The van der Waals surface area contributed by atoms with E-state index in [1.165, 1.54) is 12.0 Å². The fourth-order valence-corrected chi connectivity index (χ4v) is 5.73. The number of quaternary nitrogens is 1. The van der Waals surface area contributed by atoms with Gasteiger partial charge in [0.15, 0.2) is 11.6 Å². The van der Waals surface area contributed by atoms with Gasteiger partial charge in [0.1, 0.15) is 19.6 Å². The Morgan fingerprint density at radius 2 is 1.69 bits per heavy atom. The van der Waals surface area contributed by atoms with E-state index in [1.54, 1.807) is 0 Å². The molecule has 4 aromatic rings. The lowest BCUT2D eigenvalue weighted by Crippen LogP contribution is -2.53. The number of hydroxylamine groups is 3. The van der Waals surface area contributed by atoms with Crippen molar-refractivity contribution in [2.75, 3.05) is 56.5 Å². The predicted octanol–water partition coefficient (Wildman–Crippen LogP) is 5.06. The smallest absolute Gasteiger partial charge is 0.256 e. The summed E-state index contributed by atoms with van der Waals surface area (Å²) >= 11 is 0. The fourth-order valence-electron chi connectivity index (χ4n) is 5.73. The van der Waals surface area contributed by atoms with Gasteiger partial charge in [-0.2, -0.15) is 5.10 Å². The van der Waals surface area contributed by atoms with Gasteiger partial charge in [0.2, 0.25) is 0 Å². The van der Waals surface area contributed by atoms with Crippen molar-refractivity contribution in [3.8, 4) is 5.75 Å². The highest BCUT2D eigenvalue weighted by molar-refractivity contribution is 6.08. The van der Waals surface area contributed by atoms with Crippen LogP contribution in [0.5, 0.6) is 5.75 Å². The third-order valence-electron chi connectivity index (χ3n) is 8.01. The van der Waals surface area contributed by atoms with Gasteiger partial charge in [-0.15, -0.1) is 4.65 Å². The Hall–Kier alpha value is -3.88. The van der Waals surface area contributed by atoms with Crippen molar-refractivity contribution >= 4 is 28.3 Å². The molecule has 202 valence electrons. The molecule has 2 N–H and O–H groups in total. The molecule has 6 rings (SSSR count). The lowest BCUT2D eigenvalue weighted by molar-refractivity contribution is -1.09. The largest absolute Gasteiger partial charge is 0.369 e. The maximum absolute atomic E-state index is 13.0. The average Bonchev–Trinajstić information content (AvgIpc) is 3.36. The second-order valence-electron chi connectivity index (χ2n) is 10.9. The number of rotatable bonds is 7. The number of carbonyl (C=O) groups is 1. The molecule has 2 fully saturated rings. The zero-order valence-corrected chi connectivity index (χ0v) is 22.6. The Morgan fingerprint density at radius 3 is 2.44 bits per heavy atom. The van der Waals surface area contributed by atoms with Crippen LogP contribution in [-0.4, -0.2) is 72.0 Å². The molecular weight excluding hydrogens is 488 g/mol. The second kappa shape index (κ2) is 11.1. The number of hydrogen-bond donors (Lipinski definition) is 2. The second-order valence-corrected chi connectivity index (χ2v) is 10.9. The van der Waals surface area contributed by atoms with E-state index in [1.807, 2.05) is 42.5 Å². The summed E-state index contributed by atoms with van der Waals surface area (Å²) in [5.74, 6) is 1.16. The van der Waals surface area contributed by atoms with Crippen molar-refractivity contribution in [2.45, 2.75) is 25.8 Å². The summed E-state index contributed by atoms with van der Waals surface area (Å²) in [7, 11) is 2.15. The molecule has 8 heteroatoms. The SMILES string of the molecule is CN1CCN(c2ccc(C(=O)Nc3n[nH]c4cc(O[N+]5(Cc6ccccc6)CCCCC5)ccc34)cc2)CC1. The molecule has 8 nitrogen and oxygen atoms in total. The molecule has 3 aromatic carbocycles. The number of nitrogens with one attached hydrogen (secondary N) is 2. The number of amides is 1. The van der Waals surface area contributed by atoms with Crippen LogP contribution < -0.4 is 15.1 Å². The van der Waals surface area contributed by atoms with Gasteiger partial charge < -0.3 is 20.0 Å². The highest BCUT2D eigenvalue weighted by Gasteiger charge is 2.34. The molecule has 2 aliphatic heterocycles. The van der Waals surface area contributed by atoms with E-state index in [0.29, 0.717) is 16.0 Å². The summed E-state index contributed by atoms with van der Waals surface area (Å²) in [6.45, 7) is 6.92. The molecule has 0 aliphatic carbocycles. The zero-order valence-electron chi connectivity index (χ0n) is 22.6. The number of H-pyrrole nitrogens is 1. The minimum atomic E-state index is -0.172. The van der Waals surface area contributed by atoms with E-state index < -0.39 is 0 Å². The van der Waals surface area contributed by atoms with Crippen molar-refractivity contribution in [3.63, 3.8) is 0 Å². The first-order valence-corrected chi connectivity index (χ1v) is 14.0. The molecule has 1 amide bonds. The number of anilines is 2. The van der Waals surface area contributed by atoms with Crippen LogP contribution in [0.25, 0.3) is 10.9 Å². The van der Waals surface area contributed by atoms with Crippen molar-refractivity contribution in [2.24, 2.45) is 0 Å². The van der Waals surface area contributed by atoms with Crippen molar-refractivity contribution in [1.82, 2.24) is 15.1 Å². The summed E-state index contributed by atoms with van der Waals surface area (Å²) in [5.41, 5.74) is 3.88. The molecule has 2 saturated heterocycles. The number of nitrogens with zero attached hydrogens (tertiary/aromatic N) is 4. The van der Waals surface area contributed by atoms with E-state index in [4.69, 9.17) is 4.84 Å². The Balaban J connectivity index is 1.14. The average molecular weight is 526 g/mol. The predicted molar refractivity (Wildman–Crippen MR) is 155 cm³/mol. The Labute approximate surface area is 229 Å². The van der Waals surface area contributed by atoms with Crippen LogP contribution in [0.4, 0.5) is 11.5 Å². The van der Waals surface area contributed by atoms with Gasteiger partial charge in [0.05, 0.1) is 5.52 Å². The standard InChI is InChI=1S/C31H36N6O2/c1-35-16-18-36(19-17-35)26-12-10-25(11-13-26)31(38)32-30-28-15-14-27(22-29(28)33-34-30)39-37(20-6-3-7-21-37)23-24-8-4-2-5-9-24/h2,4-5,8-15,22H,3,6-7,16-21,23H2,1H3,(H-,32,33,34,38)/p+1. The first kappa shape index (κ1) is 25.4. The maximum Gasteiger partial charge on any atom is 0.256 e. The molecule has 0 spiro atoms. The summed E-state index contributed by atoms with van der Waals surface area (Å²) in [6, 6.07) is 24.4. The Bertz CT molecular complexity index is 1400. The van der Waals surface area contributed by atoms with Crippen LogP contribution in [0, 0.1) is 0 Å². The lowest BCUT2D eigenvalue weighted by Gasteiger charge is -2.38. The molecule has 39 heavy (non-hydrogen) atoms. The molecule has 0 atom stereocenters. The third kappa shape index (κ3) is 5.77. The van der Waals surface area contributed by atoms with Crippen LogP contribution >= 0.6 is 0 Å². The molecule has 1 aromatic heterocycles. The quantitative estimate of drug-likeness (QED) is 0.330. The normalized spacial score (nSPS) is 17.7. The van der Waals surface area contributed by atoms with Crippen LogP contribution in [-0.2, 0) is 6.54 Å². The van der Waals surface area contributed by atoms with E-state index in [2.05, 4.69) is 62.7 Å².